The van der Waals surface area contributed by atoms with E-state index in [4.69, 9.17) is 25.1 Å². The molecular weight excluding hydrogens is 502 g/mol. The molecule has 0 bridgehead atoms. The molecule has 5 N–H and O–H groups in total. The van der Waals surface area contributed by atoms with E-state index in [9.17, 15) is 14.7 Å². The van der Waals surface area contributed by atoms with Crippen LogP contribution in [0.5, 0.6) is 11.5 Å². The first-order valence-electron chi connectivity index (χ1n) is 13.1. The summed E-state index contributed by atoms with van der Waals surface area (Å²) in [5.74, 6) is -0.499. The zero-order valence-corrected chi connectivity index (χ0v) is 23.2. The number of hydrogen-bond acceptors (Lipinski definition) is 8. The number of benzene rings is 1. The fourth-order valence-electron chi connectivity index (χ4n) is 4.71. The second kappa shape index (κ2) is 12.9. The Balaban J connectivity index is 1.83. The minimum absolute atomic E-state index is 0.0167. The number of fused-ring (bicyclic) bond motifs is 1. The van der Waals surface area contributed by atoms with Crippen molar-refractivity contribution >= 4 is 17.6 Å². The molecule has 0 radical (unpaired) electrons. The number of carbonyl (C=O) groups excluding carboxylic acids is 1. The number of pyridine rings is 1. The number of methoxy groups -OCH3 is 1. The van der Waals surface area contributed by atoms with Crippen LogP contribution in [0, 0.1) is 12.8 Å². The van der Waals surface area contributed by atoms with E-state index in [0.717, 1.165) is 0 Å². The maximum atomic E-state index is 13.2. The highest BCUT2D eigenvalue weighted by molar-refractivity contribution is 5.96. The van der Waals surface area contributed by atoms with Crippen molar-refractivity contribution in [2.24, 2.45) is 5.92 Å². The fraction of sp³-hybridized carbons (Fsp3) is 0.483. The molecule has 10 heteroatoms. The third-order valence-corrected chi connectivity index (χ3v) is 6.98. The lowest BCUT2D eigenvalue weighted by atomic mass is 9.81. The number of aromatic nitrogens is 1. The van der Waals surface area contributed by atoms with E-state index >= 15 is 0 Å². The number of carboxylic acids is 1. The van der Waals surface area contributed by atoms with Gasteiger partial charge in [-0.2, -0.15) is 0 Å². The van der Waals surface area contributed by atoms with Gasteiger partial charge < -0.3 is 35.5 Å². The molecule has 0 fully saturated rings. The molecular formula is C29H39N3O7. The summed E-state index contributed by atoms with van der Waals surface area (Å²) in [6.07, 6.45) is 5.38. The number of aliphatic hydroxyl groups excluding tert-OH is 1. The minimum Gasteiger partial charge on any atom is -0.493 e. The highest BCUT2D eigenvalue weighted by Gasteiger charge is 2.39. The summed E-state index contributed by atoms with van der Waals surface area (Å²) in [6.45, 7) is 8.06. The minimum atomic E-state index is -1.13. The SMILES string of the molecule is CCC1(OCC(NC(=O)c2ccc(OCCCO)c(OC)c2)C(C)C)C=CCc2nc(C)c(C(=O)O)c(N)c21. The number of allylic oxidation sites excluding steroid dienone is 1. The first-order chi connectivity index (χ1) is 18.6. The van der Waals surface area contributed by atoms with E-state index in [1.165, 1.54) is 7.11 Å². The van der Waals surface area contributed by atoms with Crippen molar-refractivity contribution in [3.05, 3.63) is 58.4 Å². The number of carbonyl (C=O) groups is 2. The Morgan fingerprint density at radius 1 is 1.26 bits per heavy atom. The summed E-state index contributed by atoms with van der Waals surface area (Å²) in [5, 5.41) is 21.8. The summed E-state index contributed by atoms with van der Waals surface area (Å²) in [4.78, 5) is 29.7. The molecule has 39 heavy (non-hydrogen) atoms. The van der Waals surface area contributed by atoms with Gasteiger partial charge in [-0.25, -0.2) is 4.79 Å². The molecule has 1 aliphatic rings. The summed E-state index contributed by atoms with van der Waals surface area (Å²) >= 11 is 0. The Morgan fingerprint density at radius 2 is 2.00 bits per heavy atom. The van der Waals surface area contributed by atoms with E-state index in [1.54, 1.807) is 25.1 Å². The van der Waals surface area contributed by atoms with Crippen LogP contribution < -0.4 is 20.5 Å². The Morgan fingerprint density at radius 3 is 2.62 bits per heavy atom. The number of aromatic carboxylic acids is 1. The third kappa shape index (κ3) is 6.51. The fourth-order valence-corrected chi connectivity index (χ4v) is 4.71. The van der Waals surface area contributed by atoms with E-state index < -0.39 is 11.6 Å². The molecule has 0 spiro atoms. The van der Waals surface area contributed by atoms with Crippen LogP contribution in [-0.2, 0) is 16.8 Å². The van der Waals surface area contributed by atoms with Gasteiger partial charge in [-0.05, 0) is 37.5 Å². The van der Waals surface area contributed by atoms with E-state index in [1.807, 2.05) is 32.9 Å². The number of aliphatic hydroxyl groups is 1. The molecule has 0 aliphatic heterocycles. The third-order valence-electron chi connectivity index (χ3n) is 6.98. The lowest BCUT2D eigenvalue weighted by molar-refractivity contribution is -0.0323. The Kier molecular flexibility index (Phi) is 9.93. The average Bonchev–Trinajstić information content (AvgIpc) is 2.90. The topological polar surface area (TPSA) is 153 Å². The van der Waals surface area contributed by atoms with Gasteiger partial charge in [0.05, 0.1) is 43.4 Å². The van der Waals surface area contributed by atoms with Gasteiger partial charge in [0.2, 0.25) is 0 Å². The Hall–Kier alpha value is -3.63. The van der Waals surface area contributed by atoms with Crippen molar-refractivity contribution in [3.8, 4) is 11.5 Å². The number of rotatable bonds is 13. The van der Waals surface area contributed by atoms with Crippen molar-refractivity contribution in [1.29, 1.82) is 0 Å². The average molecular weight is 542 g/mol. The molecule has 2 atom stereocenters. The quantitative estimate of drug-likeness (QED) is 0.220. The molecule has 212 valence electrons. The molecule has 0 saturated carbocycles. The van der Waals surface area contributed by atoms with Crippen LogP contribution in [0.1, 0.15) is 71.3 Å². The lowest BCUT2D eigenvalue weighted by Gasteiger charge is -2.37. The van der Waals surface area contributed by atoms with Crippen molar-refractivity contribution in [1.82, 2.24) is 10.3 Å². The number of hydrogen-bond donors (Lipinski definition) is 4. The van der Waals surface area contributed by atoms with Gasteiger partial charge in [-0.1, -0.05) is 32.9 Å². The van der Waals surface area contributed by atoms with Crippen LogP contribution in [-0.4, -0.2) is 60.0 Å². The van der Waals surface area contributed by atoms with E-state index in [-0.39, 0.29) is 42.3 Å². The predicted octanol–water partition coefficient (Wildman–Crippen LogP) is 3.63. The van der Waals surface area contributed by atoms with Crippen LogP contribution in [0.25, 0.3) is 0 Å². The number of nitrogens with two attached hydrogens (primary N) is 1. The number of nitrogen functional groups attached to an aromatic ring is 1. The molecule has 2 aromatic rings. The second-order valence-electron chi connectivity index (χ2n) is 9.89. The lowest BCUT2D eigenvalue weighted by Crippen LogP contribution is -2.44. The van der Waals surface area contributed by atoms with Crippen molar-refractivity contribution in [2.45, 2.75) is 58.6 Å². The Labute approximate surface area is 229 Å². The number of nitrogens with one attached hydrogen (secondary N) is 1. The van der Waals surface area contributed by atoms with Crippen LogP contribution in [0.2, 0.25) is 0 Å². The molecule has 1 aromatic heterocycles. The smallest absolute Gasteiger partial charge is 0.339 e. The number of amides is 1. The first kappa shape index (κ1) is 29.9. The van der Waals surface area contributed by atoms with Crippen LogP contribution in [0.4, 0.5) is 5.69 Å². The van der Waals surface area contributed by atoms with Crippen molar-refractivity contribution in [2.75, 3.05) is 32.7 Å². The molecule has 1 aromatic carbocycles. The maximum absolute atomic E-state index is 13.2. The number of aryl methyl sites for hydroxylation is 1. The molecule has 1 heterocycles. The van der Waals surface area contributed by atoms with Gasteiger partial charge in [-0.3, -0.25) is 9.78 Å². The molecule has 10 nitrogen and oxygen atoms in total. The van der Waals surface area contributed by atoms with E-state index in [0.29, 0.717) is 59.9 Å². The molecule has 3 rings (SSSR count). The molecule has 0 saturated heterocycles. The largest absolute Gasteiger partial charge is 0.493 e. The van der Waals surface area contributed by atoms with Gasteiger partial charge in [0, 0.05) is 30.6 Å². The van der Waals surface area contributed by atoms with Gasteiger partial charge in [0.25, 0.3) is 5.91 Å². The summed E-state index contributed by atoms with van der Waals surface area (Å²) in [5.41, 5.74) is 7.62. The highest BCUT2D eigenvalue weighted by Crippen LogP contribution is 2.42. The summed E-state index contributed by atoms with van der Waals surface area (Å²) in [7, 11) is 1.50. The number of anilines is 1. The highest BCUT2D eigenvalue weighted by atomic mass is 16.5. The standard InChI is InChI=1S/C29H39N3O7/c1-6-29(12-7-9-20-25(29)26(30)24(28(35)36)18(4)31-20)39-16-21(17(2)3)32-27(34)19-10-11-22(23(15-19)37-5)38-14-8-13-33/h7,10-12,15,17,21,33H,6,8-9,13-14,16H2,1-5H3,(H2,30,31)(H,32,34)(H,35,36). The maximum Gasteiger partial charge on any atom is 0.339 e. The van der Waals surface area contributed by atoms with Crippen LogP contribution >= 0.6 is 0 Å². The van der Waals surface area contributed by atoms with Gasteiger partial charge in [0.15, 0.2) is 11.5 Å². The van der Waals surface area contributed by atoms with Crippen LogP contribution in [0.3, 0.4) is 0 Å². The first-order valence-corrected chi connectivity index (χ1v) is 13.1. The van der Waals surface area contributed by atoms with Crippen molar-refractivity contribution < 1.29 is 34.0 Å². The van der Waals surface area contributed by atoms with E-state index in [2.05, 4.69) is 10.3 Å². The van der Waals surface area contributed by atoms with Crippen molar-refractivity contribution in [3.63, 3.8) is 0 Å². The predicted molar refractivity (Wildman–Crippen MR) is 147 cm³/mol. The molecule has 2 unspecified atom stereocenters. The summed E-state index contributed by atoms with van der Waals surface area (Å²) < 4.78 is 17.5. The molecule has 1 aliphatic carbocycles. The number of nitrogens with zero attached hydrogens (tertiary/aromatic N) is 1. The van der Waals surface area contributed by atoms with Gasteiger partial charge >= 0.3 is 5.97 Å². The Bertz CT molecular complexity index is 1230. The number of carboxylic acid groups (broad SMARTS) is 1. The molecule has 1 amide bonds. The summed E-state index contributed by atoms with van der Waals surface area (Å²) in [6, 6.07) is 4.57. The number of ether oxygens (including phenoxy) is 3. The van der Waals surface area contributed by atoms with Gasteiger partial charge in [-0.15, -0.1) is 0 Å². The zero-order valence-electron chi connectivity index (χ0n) is 23.2. The van der Waals surface area contributed by atoms with Crippen LogP contribution in [0.15, 0.2) is 30.4 Å². The zero-order chi connectivity index (χ0) is 28.7. The monoisotopic (exact) mass is 541 g/mol. The normalized spacial score (nSPS) is 17.0. The second-order valence-corrected chi connectivity index (χ2v) is 9.89. The van der Waals surface area contributed by atoms with Gasteiger partial charge in [0.1, 0.15) is 11.2 Å².